The molecule has 0 saturated carbocycles. The quantitative estimate of drug-likeness (QED) is 0.581. The van der Waals surface area contributed by atoms with Gasteiger partial charge in [0, 0.05) is 16.3 Å². The Balaban J connectivity index is 2.44. The monoisotopic (exact) mass is 243 g/mol. The highest BCUT2D eigenvalue weighted by atomic mass is 79.9. The van der Waals surface area contributed by atoms with Crippen LogP contribution in [0.2, 0.25) is 0 Å². The second-order valence-electron chi connectivity index (χ2n) is 2.84. The van der Waals surface area contributed by atoms with E-state index in [1.807, 2.05) is 25.3 Å². The minimum atomic E-state index is -0.0413. The third-order valence-electron chi connectivity index (χ3n) is 1.95. The van der Waals surface area contributed by atoms with Gasteiger partial charge in [-0.1, -0.05) is 22.0 Å². The van der Waals surface area contributed by atoms with Crippen LogP contribution in [0.3, 0.4) is 0 Å². The van der Waals surface area contributed by atoms with E-state index in [2.05, 4.69) is 20.9 Å². The van der Waals surface area contributed by atoms with E-state index in [4.69, 9.17) is 11.6 Å². The number of nitrogens with zero attached hydrogens (tertiary/aromatic N) is 1. The molecule has 1 aliphatic heterocycles. The number of fused-ring (bicyclic) bond motifs is 1. The minimum absolute atomic E-state index is 0.0413. The molecule has 62 valence electrons. The van der Waals surface area contributed by atoms with Crippen LogP contribution < -0.4 is 0 Å². The summed E-state index contributed by atoms with van der Waals surface area (Å²) in [5.74, 6) is 0. The smallest absolute Gasteiger partial charge is 0.0841 e. The molecule has 1 heterocycles. The third-order valence-corrected chi connectivity index (χ3v) is 3.30. The van der Waals surface area contributed by atoms with Gasteiger partial charge < -0.3 is 0 Å². The molecule has 0 bridgehead atoms. The zero-order chi connectivity index (χ0) is 8.72. The standard InChI is InChI=1S/C9H7BrClN/c1-5-4-12-9-3-7(10)8(11)2-6(5)9/h2-4,8H,1H3/t8-/m0/s1. The van der Waals surface area contributed by atoms with Crippen LogP contribution in [0.1, 0.15) is 6.92 Å². The molecule has 0 spiro atoms. The molecule has 1 atom stereocenters. The van der Waals surface area contributed by atoms with Crippen molar-refractivity contribution >= 4 is 33.2 Å². The van der Waals surface area contributed by atoms with Gasteiger partial charge in [0.05, 0.1) is 11.1 Å². The second-order valence-corrected chi connectivity index (χ2v) is 4.22. The molecule has 2 aliphatic rings. The molecule has 1 aliphatic carbocycles. The Labute approximate surface area is 84.6 Å². The molecule has 0 unspecified atom stereocenters. The Bertz CT molecular complexity index is 350. The van der Waals surface area contributed by atoms with Crippen LogP contribution in [0, 0.1) is 0 Å². The lowest BCUT2D eigenvalue weighted by molar-refractivity contribution is 1.32. The summed E-state index contributed by atoms with van der Waals surface area (Å²) in [6, 6.07) is 0. The van der Waals surface area contributed by atoms with Crippen LogP contribution in [-0.2, 0) is 0 Å². The normalized spacial score (nSPS) is 27.1. The van der Waals surface area contributed by atoms with Crippen molar-refractivity contribution in [2.24, 2.45) is 4.99 Å². The molecule has 3 heteroatoms. The van der Waals surface area contributed by atoms with Crippen LogP contribution in [0.4, 0.5) is 0 Å². The first-order valence-electron chi connectivity index (χ1n) is 3.67. The van der Waals surface area contributed by atoms with Gasteiger partial charge in [0.25, 0.3) is 0 Å². The molecule has 2 rings (SSSR count). The molecule has 0 fully saturated rings. The van der Waals surface area contributed by atoms with Gasteiger partial charge in [-0.15, -0.1) is 11.6 Å². The van der Waals surface area contributed by atoms with Gasteiger partial charge in [-0.05, 0) is 18.6 Å². The number of halogens is 2. The van der Waals surface area contributed by atoms with Crippen molar-refractivity contribution in [3.63, 3.8) is 0 Å². The number of allylic oxidation sites excluding steroid dienone is 5. The highest BCUT2D eigenvalue weighted by Crippen LogP contribution is 2.30. The first-order valence-corrected chi connectivity index (χ1v) is 4.90. The first kappa shape index (κ1) is 8.27. The highest BCUT2D eigenvalue weighted by molar-refractivity contribution is 9.11. The Kier molecular flexibility index (Phi) is 1.97. The summed E-state index contributed by atoms with van der Waals surface area (Å²) in [5.41, 5.74) is 3.36. The van der Waals surface area contributed by atoms with E-state index >= 15 is 0 Å². The number of rotatable bonds is 0. The molecule has 0 saturated heterocycles. The summed E-state index contributed by atoms with van der Waals surface area (Å²) >= 11 is 9.42. The van der Waals surface area contributed by atoms with Gasteiger partial charge in [0.2, 0.25) is 0 Å². The maximum Gasteiger partial charge on any atom is 0.0841 e. The summed E-state index contributed by atoms with van der Waals surface area (Å²) in [4.78, 5) is 4.24. The summed E-state index contributed by atoms with van der Waals surface area (Å²) in [6.45, 7) is 2.04. The molecular formula is C9H7BrClN. The fourth-order valence-electron chi connectivity index (χ4n) is 1.28. The van der Waals surface area contributed by atoms with Crippen molar-refractivity contribution in [2.45, 2.75) is 12.3 Å². The summed E-state index contributed by atoms with van der Waals surface area (Å²) in [5, 5.41) is -0.0413. The van der Waals surface area contributed by atoms with Crippen molar-refractivity contribution < 1.29 is 0 Å². The predicted octanol–water partition coefficient (Wildman–Crippen LogP) is 3.17. The topological polar surface area (TPSA) is 12.4 Å². The van der Waals surface area contributed by atoms with Crippen molar-refractivity contribution in [2.75, 3.05) is 0 Å². The third kappa shape index (κ3) is 1.19. The SMILES string of the molecule is CC1=CN=C2C=C(Br)[C@@H](Cl)C=C12. The van der Waals surface area contributed by atoms with Crippen LogP contribution in [0.15, 0.2) is 39.0 Å². The lowest BCUT2D eigenvalue weighted by atomic mass is 10.00. The molecule has 0 N–H and O–H groups in total. The van der Waals surface area contributed by atoms with Gasteiger partial charge in [0.15, 0.2) is 0 Å². The van der Waals surface area contributed by atoms with Gasteiger partial charge in [-0.2, -0.15) is 0 Å². The molecule has 0 aromatic rings. The van der Waals surface area contributed by atoms with Gasteiger partial charge in [-0.3, -0.25) is 4.99 Å². The summed E-state index contributed by atoms with van der Waals surface area (Å²) < 4.78 is 0.981. The molecule has 0 amide bonds. The van der Waals surface area contributed by atoms with E-state index in [9.17, 15) is 0 Å². The van der Waals surface area contributed by atoms with Crippen LogP contribution in [-0.4, -0.2) is 11.1 Å². The van der Waals surface area contributed by atoms with E-state index in [0.717, 1.165) is 10.2 Å². The van der Waals surface area contributed by atoms with E-state index < -0.39 is 0 Å². The maximum atomic E-state index is 6.03. The highest BCUT2D eigenvalue weighted by Gasteiger charge is 2.20. The molecule has 0 aromatic heterocycles. The van der Waals surface area contributed by atoms with Crippen molar-refractivity contribution in [1.82, 2.24) is 0 Å². The number of hydrogen-bond donors (Lipinski definition) is 0. The van der Waals surface area contributed by atoms with E-state index in [1.165, 1.54) is 11.1 Å². The first-order chi connectivity index (χ1) is 5.68. The summed E-state index contributed by atoms with van der Waals surface area (Å²) in [6.07, 6.45) is 5.86. The average molecular weight is 245 g/mol. The van der Waals surface area contributed by atoms with Crippen molar-refractivity contribution in [3.8, 4) is 0 Å². The lowest BCUT2D eigenvalue weighted by Crippen LogP contribution is -2.09. The van der Waals surface area contributed by atoms with Gasteiger partial charge in [0.1, 0.15) is 0 Å². The van der Waals surface area contributed by atoms with Crippen LogP contribution >= 0.6 is 27.5 Å². The largest absolute Gasteiger partial charge is 0.256 e. The summed E-state index contributed by atoms with van der Waals surface area (Å²) in [7, 11) is 0. The van der Waals surface area contributed by atoms with Crippen LogP contribution in [0.25, 0.3) is 0 Å². The number of aliphatic imine (C=N–C) groups is 1. The van der Waals surface area contributed by atoms with Crippen LogP contribution in [0.5, 0.6) is 0 Å². The second kappa shape index (κ2) is 2.86. The molecule has 0 aromatic carbocycles. The predicted molar refractivity (Wildman–Crippen MR) is 55.9 cm³/mol. The lowest BCUT2D eigenvalue weighted by Gasteiger charge is -2.12. The number of alkyl halides is 1. The molecule has 12 heavy (non-hydrogen) atoms. The Hall–Kier alpha value is -0.340. The molecule has 0 radical (unpaired) electrons. The van der Waals surface area contributed by atoms with Crippen molar-refractivity contribution in [3.05, 3.63) is 34.0 Å². The maximum absolute atomic E-state index is 6.03. The molecular weight excluding hydrogens is 237 g/mol. The minimum Gasteiger partial charge on any atom is -0.256 e. The zero-order valence-electron chi connectivity index (χ0n) is 6.51. The fraction of sp³-hybridized carbons (Fsp3) is 0.222. The zero-order valence-corrected chi connectivity index (χ0v) is 8.85. The number of hydrogen-bond acceptors (Lipinski definition) is 1. The van der Waals surface area contributed by atoms with E-state index in [1.54, 1.807) is 0 Å². The Morgan fingerprint density at radius 1 is 1.58 bits per heavy atom. The van der Waals surface area contributed by atoms with Gasteiger partial charge in [-0.25, -0.2) is 0 Å². The van der Waals surface area contributed by atoms with E-state index in [-0.39, 0.29) is 5.38 Å². The van der Waals surface area contributed by atoms with Crippen molar-refractivity contribution in [1.29, 1.82) is 0 Å². The van der Waals surface area contributed by atoms with E-state index in [0.29, 0.717) is 0 Å². The fourth-order valence-corrected chi connectivity index (χ4v) is 1.81. The Morgan fingerprint density at radius 3 is 3.08 bits per heavy atom. The molecule has 1 nitrogen and oxygen atoms in total. The van der Waals surface area contributed by atoms with Gasteiger partial charge >= 0.3 is 0 Å². The Morgan fingerprint density at radius 2 is 2.33 bits per heavy atom. The average Bonchev–Trinajstić information content (AvgIpc) is 2.35.